The van der Waals surface area contributed by atoms with E-state index in [1.165, 1.54) is 34.6 Å². The van der Waals surface area contributed by atoms with Gasteiger partial charge in [-0.2, -0.15) is 4.31 Å². The third-order valence-corrected chi connectivity index (χ3v) is 7.72. The molecule has 1 aliphatic heterocycles. The van der Waals surface area contributed by atoms with Crippen molar-refractivity contribution in [2.24, 2.45) is 0 Å². The number of nitrogens with one attached hydrogen (secondary N) is 1. The molecule has 13 heteroatoms. The van der Waals surface area contributed by atoms with Gasteiger partial charge in [0.15, 0.2) is 0 Å². The largest absolute Gasteiger partial charge is 0.573 e. The fraction of sp³-hybridized carbons (Fsp3) is 0.333. The Bertz CT molecular complexity index is 1110. The summed E-state index contributed by atoms with van der Waals surface area (Å²) < 4.78 is 100. The molecule has 0 spiro atoms. The van der Waals surface area contributed by atoms with E-state index in [-0.39, 0.29) is 41.7 Å². The summed E-state index contributed by atoms with van der Waals surface area (Å²) in [5.41, 5.74) is -0.0186. The van der Waals surface area contributed by atoms with Gasteiger partial charge in [-0.3, -0.25) is 0 Å². The molecule has 2 aromatic carbocycles. The third-order valence-electron chi connectivity index (χ3n) is 4.39. The summed E-state index contributed by atoms with van der Waals surface area (Å²) in [5, 5.41) is 0. The Labute approximate surface area is 177 Å². The van der Waals surface area contributed by atoms with Gasteiger partial charge in [0.05, 0.1) is 23.0 Å². The van der Waals surface area contributed by atoms with Crippen LogP contribution in [0, 0.1) is 0 Å². The molecule has 0 amide bonds. The highest BCUT2D eigenvalue weighted by molar-refractivity contribution is 7.89. The molecule has 2 aromatic rings. The van der Waals surface area contributed by atoms with Crippen molar-refractivity contribution in [3.05, 3.63) is 54.1 Å². The van der Waals surface area contributed by atoms with Crippen LogP contribution in [-0.2, 0) is 31.3 Å². The molecular weight excluding hydrogens is 461 g/mol. The SMILES string of the molecule is O=S(=O)(NCc1ccccc1OC(F)(F)F)c1ccc(S(=O)(=O)N2CCOCC2)cc1. The van der Waals surface area contributed by atoms with Crippen LogP contribution in [0.2, 0.25) is 0 Å². The molecule has 1 heterocycles. The maximum atomic E-state index is 12.6. The molecule has 0 radical (unpaired) electrons. The Morgan fingerprint density at radius 1 is 0.935 bits per heavy atom. The lowest BCUT2D eigenvalue weighted by Gasteiger charge is -2.26. The summed E-state index contributed by atoms with van der Waals surface area (Å²) in [6.45, 7) is 0.485. The molecular formula is C18H19F3N2O6S2. The van der Waals surface area contributed by atoms with E-state index in [1.54, 1.807) is 0 Å². The minimum absolute atomic E-state index is 0.0186. The lowest BCUT2D eigenvalue weighted by atomic mass is 10.2. The number of hydrogen-bond donors (Lipinski definition) is 1. The van der Waals surface area contributed by atoms with Gasteiger partial charge in [-0.05, 0) is 30.3 Å². The molecule has 1 fully saturated rings. The molecule has 0 saturated carbocycles. The Kier molecular flexibility index (Phi) is 6.91. The molecule has 170 valence electrons. The molecule has 0 aliphatic carbocycles. The molecule has 0 atom stereocenters. The zero-order valence-electron chi connectivity index (χ0n) is 16.0. The highest BCUT2D eigenvalue weighted by Gasteiger charge is 2.32. The van der Waals surface area contributed by atoms with Crippen molar-refractivity contribution in [2.75, 3.05) is 26.3 Å². The monoisotopic (exact) mass is 480 g/mol. The highest BCUT2D eigenvalue weighted by Crippen LogP contribution is 2.26. The summed E-state index contributed by atoms with van der Waals surface area (Å²) in [7, 11) is -7.91. The average molecular weight is 480 g/mol. The number of morpholine rings is 1. The van der Waals surface area contributed by atoms with Crippen LogP contribution < -0.4 is 9.46 Å². The number of para-hydroxylation sites is 1. The van der Waals surface area contributed by atoms with Gasteiger partial charge in [-0.1, -0.05) is 18.2 Å². The van der Waals surface area contributed by atoms with E-state index in [0.717, 1.165) is 18.2 Å². The van der Waals surface area contributed by atoms with Crippen LogP contribution in [-0.4, -0.2) is 53.8 Å². The predicted molar refractivity (Wildman–Crippen MR) is 103 cm³/mol. The van der Waals surface area contributed by atoms with Crippen molar-refractivity contribution in [3.8, 4) is 5.75 Å². The van der Waals surface area contributed by atoms with Crippen molar-refractivity contribution in [3.63, 3.8) is 0 Å². The first kappa shape index (κ1) is 23.5. The van der Waals surface area contributed by atoms with Crippen LogP contribution in [0.15, 0.2) is 58.3 Å². The van der Waals surface area contributed by atoms with Crippen molar-refractivity contribution in [2.45, 2.75) is 22.7 Å². The second kappa shape index (κ2) is 9.12. The van der Waals surface area contributed by atoms with Crippen LogP contribution >= 0.6 is 0 Å². The van der Waals surface area contributed by atoms with Gasteiger partial charge in [0.2, 0.25) is 20.0 Å². The summed E-state index contributed by atoms with van der Waals surface area (Å²) in [6, 6.07) is 9.70. The van der Waals surface area contributed by atoms with Crippen LogP contribution in [0.1, 0.15) is 5.56 Å². The van der Waals surface area contributed by atoms with Crippen LogP contribution in [0.5, 0.6) is 5.75 Å². The number of alkyl halides is 3. The first-order valence-corrected chi connectivity index (χ1v) is 11.9. The van der Waals surface area contributed by atoms with E-state index in [9.17, 15) is 30.0 Å². The molecule has 0 unspecified atom stereocenters. The molecule has 1 aliphatic rings. The lowest BCUT2D eigenvalue weighted by Crippen LogP contribution is -2.40. The molecule has 1 N–H and O–H groups in total. The summed E-state index contributed by atoms with van der Waals surface area (Å²) >= 11 is 0. The quantitative estimate of drug-likeness (QED) is 0.651. The van der Waals surface area contributed by atoms with Gasteiger partial charge in [0.25, 0.3) is 0 Å². The molecule has 0 bridgehead atoms. The van der Waals surface area contributed by atoms with E-state index >= 15 is 0 Å². The second-order valence-corrected chi connectivity index (χ2v) is 10.2. The summed E-state index contributed by atoms with van der Waals surface area (Å²) in [4.78, 5) is -0.306. The van der Waals surface area contributed by atoms with E-state index in [4.69, 9.17) is 4.74 Å². The zero-order valence-corrected chi connectivity index (χ0v) is 17.6. The Morgan fingerprint density at radius 2 is 1.52 bits per heavy atom. The van der Waals surface area contributed by atoms with Crippen molar-refractivity contribution >= 4 is 20.0 Å². The van der Waals surface area contributed by atoms with Crippen molar-refractivity contribution in [1.82, 2.24) is 9.03 Å². The number of ether oxygens (including phenoxy) is 2. The zero-order chi connectivity index (χ0) is 22.7. The average Bonchev–Trinajstić information content (AvgIpc) is 2.73. The van der Waals surface area contributed by atoms with E-state index in [1.807, 2.05) is 0 Å². The summed E-state index contributed by atoms with van der Waals surface area (Å²) in [6.07, 6.45) is -4.92. The van der Waals surface area contributed by atoms with Gasteiger partial charge in [-0.25, -0.2) is 21.6 Å². The number of sulfonamides is 2. The van der Waals surface area contributed by atoms with Gasteiger partial charge >= 0.3 is 6.36 Å². The number of halogens is 3. The molecule has 8 nitrogen and oxygen atoms in total. The smallest absolute Gasteiger partial charge is 0.405 e. The fourth-order valence-electron chi connectivity index (χ4n) is 2.86. The summed E-state index contributed by atoms with van der Waals surface area (Å²) in [5.74, 6) is -0.523. The van der Waals surface area contributed by atoms with Crippen LogP contribution in [0.25, 0.3) is 0 Å². The molecule has 3 rings (SSSR count). The number of rotatable bonds is 7. The topological polar surface area (TPSA) is 102 Å². The molecule has 0 aromatic heterocycles. The molecule has 1 saturated heterocycles. The standard InChI is InChI=1S/C18H19F3N2O6S2/c19-18(20,21)29-17-4-2-1-3-14(17)13-22-30(24,25)15-5-7-16(8-6-15)31(26,27)23-9-11-28-12-10-23/h1-8,22H,9-13H2. The minimum atomic E-state index is -4.92. The normalized spacial score (nSPS) is 16.2. The van der Waals surface area contributed by atoms with Crippen molar-refractivity contribution in [1.29, 1.82) is 0 Å². The third kappa shape index (κ3) is 5.95. The number of benzene rings is 2. The fourth-order valence-corrected chi connectivity index (χ4v) is 5.27. The first-order valence-electron chi connectivity index (χ1n) is 9.00. The van der Waals surface area contributed by atoms with Crippen molar-refractivity contribution < 1.29 is 39.5 Å². The van der Waals surface area contributed by atoms with Gasteiger partial charge in [0, 0.05) is 25.2 Å². The van der Waals surface area contributed by atoms with Gasteiger partial charge in [-0.15, -0.1) is 13.2 Å². The Balaban J connectivity index is 1.73. The van der Waals surface area contributed by atoms with Crippen LogP contribution in [0.4, 0.5) is 13.2 Å². The maximum absolute atomic E-state index is 12.6. The van der Waals surface area contributed by atoms with Crippen LogP contribution in [0.3, 0.4) is 0 Å². The van der Waals surface area contributed by atoms with E-state index in [0.29, 0.717) is 0 Å². The minimum Gasteiger partial charge on any atom is -0.405 e. The van der Waals surface area contributed by atoms with Gasteiger partial charge < -0.3 is 9.47 Å². The van der Waals surface area contributed by atoms with Gasteiger partial charge in [0.1, 0.15) is 5.75 Å². The molecule has 31 heavy (non-hydrogen) atoms. The lowest BCUT2D eigenvalue weighted by molar-refractivity contribution is -0.274. The Morgan fingerprint density at radius 3 is 2.13 bits per heavy atom. The highest BCUT2D eigenvalue weighted by atomic mass is 32.2. The second-order valence-electron chi connectivity index (χ2n) is 6.47. The van der Waals surface area contributed by atoms with E-state index < -0.39 is 38.7 Å². The first-order chi connectivity index (χ1) is 14.5. The Hall–Kier alpha value is -2.19. The maximum Gasteiger partial charge on any atom is 0.573 e. The van der Waals surface area contributed by atoms with E-state index in [2.05, 4.69) is 9.46 Å². The number of nitrogens with zero attached hydrogens (tertiary/aromatic N) is 1. The number of hydrogen-bond acceptors (Lipinski definition) is 6. The predicted octanol–water partition coefficient (Wildman–Crippen LogP) is 2.08.